The number of urea groups is 1. The predicted octanol–water partition coefficient (Wildman–Crippen LogP) is 1.87. The number of hydrogen-bond donors (Lipinski definition) is 1. The van der Waals surface area contributed by atoms with Crippen LogP contribution in [-0.2, 0) is 6.54 Å². The minimum absolute atomic E-state index is 0.00186. The first-order chi connectivity index (χ1) is 8.75. The highest BCUT2D eigenvalue weighted by Crippen LogP contribution is 2.09. The first kappa shape index (κ1) is 12.8. The minimum atomic E-state index is 0.00186. The number of likely N-dealkylation sites (tertiary alicyclic amines) is 1. The number of aryl methyl sites for hydroxylation is 1. The summed E-state index contributed by atoms with van der Waals surface area (Å²) in [6.45, 7) is 4.04. The number of carbonyl (C=O) groups is 1. The molecule has 0 atom stereocenters. The van der Waals surface area contributed by atoms with E-state index in [0.29, 0.717) is 12.4 Å². The zero-order valence-corrected chi connectivity index (χ0v) is 10.9. The highest BCUT2D eigenvalue weighted by atomic mass is 16.2. The fourth-order valence-electron chi connectivity index (χ4n) is 2.13. The van der Waals surface area contributed by atoms with Crippen molar-refractivity contribution < 1.29 is 4.79 Å². The summed E-state index contributed by atoms with van der Waals surface area (Å²) in [6.07, 6.45) is 6.38. The summed E-state index contributed by atoms with van der Waals surface area (Å²) >= 11 is 0. The Kier molecular flexibility index (Phi) is 4.50. The second-order valence-electron chi connectivity index (χ2n) is 4.67. The van der Waals surface area contributed by atoms with E-state index in [9.17, 15) is 4.79 Å². The zero-order valence-electron chi connectivity index (χ0n) is 10.9. The molecule has 1 aliphatic rings. The van der Waals surface area contributed by atoms with Crippen molar-refractivity contribution in [3.63, 3.8) is 0 Å². The molecule has 1 saturated heterocycles. The largest absolute Gasteiger partial charge is 0.331 e. The van der Waals surface area contributed by atoms with E-state index in [4.69, 9.17) is 0 Å². The van der Waals surface area contributed by atoms with Crippen LogP contribution in [0.5, 0.6) is 0 Å². The summed E-state index contributed by atoms with van der Waals surface area (Å²) in [4.78, 5) is 22.3. The lowest BCUT2D eigenvalue weighted by Gasteiger charge is -2.20. The molecule has 0 radical (unpaired) electrons. The normalized spacial score (nSPS) is 16.2. The number of aromatic nitrogens is 2. The Bertz CT molecular complexity index is 400. The van der Waals surface area contributed by atoms with Gasteiger partial charge >= 0.3 is 6.03 Å². The lowest BCUT2D eigenvalue weighted by atomic mass is 10.2. The molecule has 5 heteroatoms. The maximum Gasteiger partial charge on any atom is 0.317 e. The standard InChI is InChI=1S/C13H20N4O/c1-11-6-7-14-12(16-11)10-15-13(18)17-8-4-2-3-5-9-17/h6-7H,2-5,8-10H2,1H3,(H,15,18). The van der Waals surface area contributed by atoms with Gasteiger partial charge in [0.2, 0.25) is 0 Å². The van der Waals surface area contributed by atoms with Crippen LogP contribution in [-0.4, -0.2) is 34.0 Å². The highest BCUT2D eigenvalue weighted by Gasteiger charge is 2.14. The quantitative estimate of drug-likeness (QED) is 0.869. The van der Waals surface area contributed by atoms with E-state index in [1.165, 1.54) is 12.8 Å². The zero-order chi connectivity index (χ0) is 12.8. The number of nitrogens with zero attached hydrogens (tertiary/aromatic N) is 3. The van der Waals surface area contributed by atoms with Crippen LogP contribution in [0.15, 0.2) is 12.3 Å². The lowest BCUT2D eigenvalue weighted by molar-refractivity contribution is 0.199. The van der Waals surface area contributed by atoms with Crippen LogP contribution in [0.2, 0.25) is 0 Å². The van der Waals surface area contributed by atoms with Gasteiger partial charge in [-0.1, -0.05) is 12.8 Å². The molecule has 0 unspecified atom stereocenters. The number of carbonyl (C=O) groups excluding carboxylic acids is 1. The maximum absolute atomic E-state index is 12.0. The number of nitrogens with one attached hydrogen (secondary N) is 1. The summed E-state index contributed by atoms with van der Waals surface area (Å²) in [5.74, 6) is 0.665. The molecular formula is C13H20N4O. The summed E-state index contributed by atoms with van der Waals surface area (Å²) in [6, 6.07) is 1.85. The second kappa shape index (κ2) is 6.33. The third-order valence-electron chi connectivity index (χ3n) is 3.14. The molecule has 2 rings (SSSR count). The van der Waals surface area contributed by atoms with Gasteiger partial charge in [-0.3, -0.25) is 0 Å². The molecule has 0 bridgehead atoms. The van der Waals surface area contributed by atoms with Crippen LogP contribution in [0, 0.1) is 6.92 Å². The summed E-state index contributed by atoms with van der Waals surface area (Å²) in [7, 11) is 0. The molecule has 2 heterocycles. The third kappa shape index (κ3) is 3.68. The third-order valence-corrected chi connectivity index (χ3v) is 3.14. The van der Waals surface area contributed by atoms with Gasteiger partial charge in [0.25, 0.3) is 0 Å². The first-order valence-electron chi connectivity index (χ1n) is 6.57. The smallest absolute Gasteiger partial charge is 0.317 e. The molecule has 98 valence electrons. The fraction of sp³-hybridized carbons (Fsp3) is 0.615. The van der Waals surface area contributed by atoms with E-state index >= 15 is 0 Å². The van der Waals surface area contributed by atoms with E-state index in [1.807, 2.05) is 17.9 Å². The Morgan fingerprint density at radius 3 is 2.72 bits per heavy atom. The van der Waals surface area contributed by atoms with Crippen molar-refractivity contribution in [1.29, 1.82) is 0 Å². The molecule has 1 aliphatic heterocycles. The van der Waals surface area contributed by atoms with Crippen molar-refractivity contribution in [2.75, 3.05) is 13.1 Å². The molecule has 1 aromatic rings. The summed E-state index contributed by atoms with van der Waals surface area (Å²) in [5, 5.41) is 2.89. The molecule has 0 spiro atoms. The molecule has 0 aliphatic carbocycles. The van der Waals surface area contributed by atoms with Crippen LogP contribution >= 0.6 is 0 Å². The maximum atomic E-state index is 12.0. The van der Waals surface area contributed by atoms with Crippen LogP contribution in [0.25, 0.3) is 0 Å². The van der Waals surface area contributed by atoms with E-state index in [1.54, 1.807) is 6.20 Å². The molecule has 0 aromatic carbocycles. The van der Waals surface area contributed by atoms with Crippen LogP contribution < -0.4 is 5.32 Å². The molecule has 0 saturated carbocycles. The second-order valence-corrected chi connectivity index (χ2v) is 4.67. The molecule has 18 heavy (non-hydrogen) atoms. The van der Waals surface area contributed by atoms with Gasteiger partial charge in [-0.05, 0) is 25.8 Å². The van der Waals surface area contributed by atoms with Crippen LogP contribution in [0.1, 0.15) is 37.2 Å². The van der Waals surface area contributed by atoms with E-state index in [-0.39, 0.29) is 6.03 Å². The summed E-state index contributed by atoms with van der Waals surface area (Å²) < 4.78 is 0. The van der Waals surface area contributed by atoms with Gasteiger partial charge in [-0.15, -0.1) is 0 Å². The van der Waals surface area contributed by atoms with Gasteiger partial charge in [0, 0.05) is 25.0 Å². The lowest BCUT2D eigenvalue weighted by Crippen LogP contribution is -2.40. The molecule has 2 amide bonds. The van der Waals surface area contributed by atoms with E-state index in [0.717, 1.165) is 31.6 Å². The predicted molar refractivity (Wildman–Crippen MR) is 69.0 cm³/mol. The molecule has 5 nitrogen and oxygen atoms in total. The van der Waals surface area contributed by atoms with Crippen molar-refractivity contribution >= 4 is 6.03 Å². The molecule has 1 fully saturated rings. The number of rotatable bonds is 2. The number of amides is 2. The average molecular weight is 248 g/mol. The van der Waals surface area contributed by atoms with Crippen LogP contribution in [0.4, 0.5) is 4.79 Å². The Labute approximate surface area is 108 Å². The fourth-order valence-corrected chi connectivity index (χ4v) is 2.13. The van der Waals surface area contributed by atoms with Crippen LogP contribution in [0.3, 0.4) is 0 Å². The van der Waals surface area contributed by atoms with Crippen molar-refractivity contribution in [3.8, 4) is 0 Å². The number of hydrogen-bond acceptors (Lipinski definition) is 3. The van der Waals surface area contributed by atoms with Crippen molar-refractivity contribution in [3.05, 3.63) is 23.8 Å². The Morgan fingerprint density at radius 1 is 1.33 bits per heavy atom. The van der Waals surface area contributed by atoms with E-state index < -0.39 is 0 Å². The van der Waals surface area contributed by atoms with Gasteiger partial charge in [-0.25, -0.2) is 14.8 Å². The Balaban J connectivity index is 1.83. The minimum Gasteiger partial charge on any atom is -0.331 e. The monoisotopic (exact) mass is 248 g/mol. The SMILES string of the molecule is Cc1ccnc(CNC(=O)N2CCCCCC2)n1. The van der Waals surface area contributed by atoms with Gasteiger partial charge in [-0.2, -0.15) is 0 Å². The van der Waals surface area contributed by atoms with Gasteiger partial charge in [0.05, 0.1) is 6.54 Å². The van der Waals surface area contributed by atoms with Gasteiger partial charge in [0.1, 0.15) is 5.82 Å². The van der Waals surface area contributed by atoms with Crippen molar-refractivity contribution in [2.24, 2.45) is 0 Å². The van der Waals surface area contributed by atoms with Crippen molar-refractivity contribution in [2.45, 2.75) is 39.2 Å². The summed E-state index contributed by atoms with van der Waals surface area (Å²) in [5.41, 5.74) is 0.920. The Morgan fingerprint density at radius 2 is 2.06 bits per heavy atom. The topological polar surface area (TPSA) is 58.1 Å². The van der Waals surface area contributed by atoms with Gasteiger partial charge in [0.15, 0.2) is 0 Å². The first-order valence-corrected chi connectivity index (χ1v) is 6.57. The molecular weight excluding hydrogens is 228 g/mol. The molecule has 1 aromatic heterocycles. The molecule has 1 N–H and O–H groups in total. The van der Waals surface area contributed by atoms with Crippen molar-refractivity contribution in [1.82, 2.24) is 20.2 Å². The van der Waals surface area contributed by atoms with Gasteiger partial charge < -0.3 is 10.2 Å². The van der Waals surface area contributed by atoms with E-state index in [2.05, 4.69) is 15.3 Å². The highest BCUT2D eigenvalue weighted by molar-refractivity contribution is 5.74. The average Bonchev–Trinajstić information content (AvgIpc) is 2.65. The Hall–Kier alpha value is -1.65.